The van der Waals surface area contributed by atoms with Crippen LogP contribution in [0, 0.1) is 11.6 Å². The highest BCUT2D eigenvalue weighted by Crippen LogP contribution is 2.14. The highest BCUT2D eigenvalue weighted by Gasteiger charge is 2.12. The Bertz CT molecular complexity index is 589. The van der Waals surface area contributed by atoms with Gasteiger partial charge in [-0.05, 0) is 42.2 Å². The molecule has 106 valence electrons. The fourth-order valence-electron chi connectivity index (χ4n) is 2.05. The van der Waals surface area contributed by atoms with Gasteiger partial charge in [0.25, 0.3) is 0 Å². The number of nitrogens with two attached hydrogens (primary N) is 2. The van der Waals surface area contributed by atoms with Crippen LogP contribution in [-0.4, -0.2) is 11.0 Å². The lowest BCUT2D eigenvalue weighted by molar-refractivity contribution is 0.502. The van der Waals surface area contributed by atoms with Gasteiger partial charge in [0.2, 0.25) is 0 Å². The number of nitrogen functional groups attached to an aromatic ring is 1. The summed E-state index contributed by atoms with van der Waals surface area (Å²) in [6.07, 6.45) is 2.53. The third kappa shape index (κ3) is 3.72. The number of hydrogen-bond donors (Lipinski definition) is 3. The normalized spacial score (nSPS) is 12.3. The van der Waals surface area contributed by atoms with E-state index in [0.717, 1.165) is 11.6 Å². The predicted octanol–water partition coefficient (Wildman–Crippen LogP) is 1.56. The minimum Gasteiger partial charge on any atom is -0.384 e. The number of halogens is 2. The second-order valence-corrected chi connectivity index (χ2v) is 4.60. The van der Waals surface area contributed by atoms with Crippen LogP contribution in [0.25, 0.3) is 0 Å². The molecule has 0 aliphatic carbocycles. The second-order valence-electron chi connectivity index (χ2n) is 4.60. The molecule has 0 saturated carbocycles. The van der Waals surface area contributed by atoms with Gasteiger partial charge in [-0.25, -0.2) is 13.8 Å². The molecular formula is C14H16F2N4. The Morgan fingerprint density at radius 2 is 1.95 bits per heavy atom. The van der Waals surface area contributed by atoms with Gasteiger partial charge in [-0.2, -0.15) is 0 Å². The van der Waals surface area contributed by atoms with Gasteiger partial charge in [-0.1, -0.05) is 6.07 Å². The Labute approximate surface area is 115 Å². The van der Waals surface area contributed by atoms with E-state index in [-0.39, 0.29) is 6.04 Å². The molecule has 2 rings (SSSR count). The summed E-state index contributed by atoms with van der Waals surface area (Å²) in [6.45, 7) is 0. The molecule has 5 N–H and O–H groups in total. The number of hydrogen-bond acceptors (Lipinski definition) is 4. The van der Waals surface area contributed by atoms with Crippen molar-refractivity contribution in [3.8, 4) is 0 Å². The topological polar surface area (TPSA) is 77.0 Å². The number of pyridine rings is 1. The number of hydrazine groups is 1. The highest BCUT2D eigenvalue weighted by atomic mass is 19.1. The molecule has 20 heavy (non-hydrogen) atoms. The van der Waals surface area contributed by atoms with Crippen molar-refractivity contribution in [2.24, 2.45) is 5.84 Å². The third-order valence-corrected chi connectivity index (χ3v) is 3.04. The highest BCUT2D eigenvalue weighted by molar-refractivity contribution is 5.32. The quantitative estimate of drug-likeness (QED) is 0.573. The Hall–Kier alpha value is -2.05. The smallest absolute Gasteiger partial charge is 0.129 e. The Morgan fingerprint density at radius 1 is 1.15 bits per heavy atom. The van der Waals surface area contributed by atoms with Gasteiger partial charge in [-0.3, -0.25) is 11.3 Å². The molecular weight excluding hydrogens is 262 g/mol. The van der Waals surface area contributed by atoms with Gasteiger partial charge in [-0.15, -0.1) is 0 Å². The summed E-state index contributed by atoms with van der Waals surface area (Å²) < 4.78 is 26.5. The monoisotopic (exact) mass is 278 g/mol. The van der Waals surface area contributed by atoms with Crippen molar-refractivity contribution in [2.45, 2.75) is 18.9 Å². The number of nitrogens with zero attached hydrogens (tertiary/aromatic N) is 1. The molecule has 0 amide bonds. The first-order valence-electron chi connectivity index (χ1n) is 6.19. The summed E-state index contributed by atoms with van der Waals surface area (Å²) in [5, 5.41) is 0. The zero-order chi connectivity index (χ0) is 14.5. The van der Waals surface area contributed by atoms with Crippen molar-refractivity contribution in [1.82, 2.24) is 10.4 Å². The van der Waals surface area contributed by atoms with E-state index in [4.69, 9.17) is 11.6 Å². The van der Waals surface area contributed by atoms with Crippen LogP contribution in [0.2, 0.25) is 0 Å². The second kappa shape index (κ2) is 6.40. The molecule has 0 aliphatic heterocycles. The number of nitrogens with one attached hydrogen (secondary N) is 1. The van der Waals surface area contributed by atoms with Gasteiger partial charge in [0.05, 0.1) is 0 Å². The van der Waals surface area contributed by atoms with Crippen LogP contribution in [0.15, 0.2) is 36.5 Å². The number of anilines is 1. The molecule has 0 spiro atoms. The lowest BCUT2D eigenvalue weighted by Gasteiger charge is -2.16. The van der Waals surface area contributed by atoms with Crippen LogP contribution >= 0.6 is 0 Å². The standard InChI is InChI=1S/C14H16F2N4/c15-11-2-1-10(13(16)8-11)7-12(20-18)5-9-3-4-19-14(17)6-9/h1-4,6,8,12,20H,5,7,18H2,(H2,17,19). The SMILES string of the molecule is NNC(Cc1ccnc(N)c1)Cc1ccc(F)cc1F. The first-order chi connectivity index (χ1) is 9.58. The van der Waals surface area contributed by atoms with E-state index in [2.05, 4.69) is 10.4 Å². The molecule has 6 heteroatoms. The molecule has 1 aromatic heterocycles. The van der Waals surface area contributed by atoms with Crippen molar-refractivity contribution >= 4 is 5.82 Å². The minimum absolute atomic E-state index is 0.184. The van der Waals surface area contributed by atoms with E-state index >= 15 is 0 Å². The van der Waals surface area contributed by atoms with Gasteiger partial charge in [0.15, 0.2) is 0 Å². The summed E-state index contributed by atoms with van der Waals surface area (Å²) in [5.74, 6) is 4.75. The fraction of sp³-hybridized carbons (Fsp3) is 0.214. The number of aromatic nitrogens is 1. The van der Waals surface area contributed by atoms with E-state index in [1.807, 2.05) is 6.07 Å². The molecule has 0 aliphatic rings. The Balaban J connectivity index is 2.09. The molecule has 4 nitrogen and oxygen atoms in total. The number of rotatable bonds is 5. The first-order valence-corrected chi connectivity index (χ1v) is 6.19. The summed E-state index contributed by atoms with van der Waals surface area (Å²) in [4.78, 5) is 3.91. The van der Waals surface area contributed by atoms with Crippen molar-refractivity contribution < 1.29 is 8.78 Å². The van der Waals surface area contributed by atoms with Crippen LogP contribution in [0.5, 0.6) is 0 Å². The fourth-order valence-corrected chi connectivity index (χ4v) is 2.05. The molecule has 1 atom stereocenters. The molecule has 1 heterocycles. The molecule has 0 saturated heterocycles. The summed E-state index contributed by atoms with van der Waals surface area (Å²) in [7, 11) is 0. The lowest BCUT2D eigenvalue weighted by Crippen LogP contribution is -2.38. The van der Waals surface area contributed by atoms with Crippen LogP contribution < -0.4 is 17.0 Å². The maximum absolute atomic E-state index is 13.6. The predicted molar refractivity (Wildman–Crippen MR) is 73.5 cm³/mol. The lowest BCUT2D eigenvalue weighted by atomic mass is 9.99. The van der Waals surface area contributed by atoms with Crippen LogP contribution in [-0.2, 0) is 12.8 Å². The van der Waals surface area contributed by atoms with E-state index in [0.29, 0.717) is 24.2 Å². The van der Waals surface area contributed by atoms with Crippen LogP contribution in [0.3, 0.4) is 0 Å². The minimum atomic E-state index is -0.592. The van der Waals surface area contributed by atoms with Gasteiger partial charge >= 0.3 is 0 Å². The average molecular weight is 278 g/mol. The first kappa shape index (κ1) is 14.4. The van der Waals surface area contributed by atoms with Gasteiger partial charge < -0.3 is 5.73 Å². The van der Waals surface area contributed by atoms with Gasteiger partial charge in [0.1, 0.15) is 17.5 Å². The van der Waals surface area contributed by atoms with E-state index in [9.17, 15) is 8.78 Å². The Morgan fingerprint density at radius 3 is 2.60 bits per heavy atom. The van der Waals surface area contributed by atoms with Crippen molar-refractivity contribution in [3.05, 3.63) is 59.3 Å². The number of benzene rings is 1. The van der Waals surface area contributed by atoms with Crippen LogP contribution in [0.4, 0.5) is 14.6 Å². The molecule has 1 unspecified atom stereocenters. The van der Waals surface area contributed by atoms with Crippen molar-refractivity contribution in [1.29, 1.82) is 0 Å². The molecule has 2 aromatic rings. The van der Waals surface area contributed by atoms with Crippen LogP contribution in [0.1, 0.15) is 11.1 Å². The van der Waals surface area contributed by atoms with E-state index in [1.165, 1.54) is 12.1 Å². The van der Waals surface area contributed by atoms with Crippen molar-refractivity contribution in [3.63, 3.8) is 0 Å². The van der Waals surface area contributed by atoms with Crippen molar-refractivity contribution in [2.75, 3.05) is 5.73 Å². The zero-order valence-electron chi connectivity index (χ0n) is 10.8. The molecule has 0 bridgehead atoms. The van der Waals surface area contributed by atoms with E-state index < -0.39 is 11.6 Å². The third-order valence-electron chi connectivity index (χ3n) is 3.04. The Kier molecular flexibility index (Phi) is 4.60. The maximum atomic E-state index is 13.6. The average Bonchev–Trinajstić information content (AvgIpc) is 2.41. The summed E-state index contributed by atoms with van der Waals surface area (Å²) in [6, 6.07) is 6.91. The summed E-state index contributed by atoms with van der Waals surface area (Å²) >= 11 is 0. The maximum Gasteiger partial charge on any atom is 0.129 e. The largest absolute Gasteiger partial charge is 0.384 e. The molecule has 0 fully saturated rings. The van der Waals surface area contributed by atoms with Gasteiger partial charge in [0, 0.05) is 18.3 Å². The zero-order valence-corrected chi connectivity index (χ0v) is 10.8. The molecule has 0 radical (unpaired) electrons. The molecule has 1 aromatic carbocycles. The van der Waals surface area contributed by atoms with E-state index in [1.54, 1.807) is 12.3 Å². The summed E-state index contributed by atoms with van der Waals surface area (Å²) in [5.41, 5.74) is 9.60.